The average Bonchev–Trinajstić information content (AvgIpc) is 2.64. The maximum Gasteiger partial charge on any atom is 0.270 e. The van der Waals surface area contributed by atoms with E-state index in [1.807, 2.05) is 12.1 Å². The molecule has 0 radical (unpaired) electrons. The average molecular weight is 373 g/mol. The van der Waals surface area contributed by atoms with Crippen molar-refractivity contribution in [1.29, 1.82) is 0 Å². The van der Waals surface area contributed by atoms with E-state index in [0.717, 1.165) is 5.56 Å². The van der Waals surface area contributed by atoms with Gasteiger partial charge in [0.25, 0.3) is 5.91 Å². The number of nitrogens with one attached hydrogen (secondary N) is 2. The Morgan fingerprint density at radius 1 is 1.04 bits per heavy atom. The summed E-state index contributed by atoms with van der Waals surface area (Å²) >= 11 is 12.1. The molecule has 0 atom stereocenters. The van der Waals surface area contributed by atoms with Gasteiger partial charge in [-0.05, 0) is 48.0 Å². The van der Waals surface area contributed by atoms with Gasteiger partial charge in [0.1, 0.15) is 5.69 Å². The van der Waals surface area contributed by atoms with Crippen molar-refractivity contribution in [2.24, 2.45) is 0 Å². The molecule has 0 aliphatic heterocycles. The normalized spacial score (nSPS) is 10.3. The van der Waals surface area contributed by atoms with Crippen LogP contribution in [-0.2, 0) is 6.54 Å². The van der Waals surface area contributed by atoms with E-state index in [-0.39, 0.29) is 5.91 Å². The fourth-order valence-electron chi connectivity index (χ4n) is 2.12. The molecule has 0 unspecified atom stereocenters. The molecule has 126 valence electrons. The van der Waals surface area contributed by atoms with Gasteiger partial charge in [0, 0.05) is 24.0 Å². The summed E-state index contributed by atoms with van der Waals surface area (Å²) in [6.45, 7) is 0.418. The predicted octanol–water partition coefficient (Wildman–Crippen LogP) is 4.46. The standard InChI is InChI=1S/C18H14Cl2N4O/c19-13-1-3-15(20)17(9-13)24-14-2-4-16(22-11-14)18(25)23-10-12-5-7-21-8-6-12/h1-9,11,24H,10H2,(H,23,25). The van der Waals surface area contributed by atoms with Gasteiger partial charge in [-0.3, -0.25) is 9.78 Å². The number of nitrogens with zero attached hydrogens (tertiary/aromatic N) is 2. The molecule has 0 aliphatic rings. The van der Waals surface area contributed by atoms with Crippen LogP contribution in [0, 0.1) is 0 Å². The summed E-state index contributed by atoms with van der Waals surface area (Å²) in [6, 6.07) is 12.2. The molecule has 1 amide bonds. The minimum Gasteiger partial charge on any atom is -0.353 e. The van der Waals surface area contributed by atoms with Gasteiger partial charge < -0.3 is 10.6 Å². The van der Waals surface area contributed by atoms with Crippen molar-refractivity contribution in [2.45, 2.75) is 6.54 Å². The third-order valence-electron chi connectivity index (χ3n) is 3.41. The first kappa shape index (κ1) is 17.2. The summed E-state index contributed by atoms with van der Waals surface area (Å²) in [6.07, 6.45) is 4.93. The van der Waals surface area contributed by atoms with Crippen molar-refractivity contribution in [3.63, 3.8) is 0 Å². The van der Waals surface area contributed by atoms with E-state index < -0.39 is 0 Å². The number of rotatable bonds is 5. The molecule has 1 aromatic carbocycles. The van der Waals surface area contributed by atoms with E-state index in [4.69, 9.17) is 23.2 Å². The largest absolute Gasteiger partial charge is 0.353 e. The first-order chi connectivity index (χ1) is 12.1. The molecule has 0 saturated heterocycles. The second kappa shape index (κ2) is 7.96. The Hall–Kier alpha value is -2.63. The molecule has 0 spiro atoms. The van der Waals surface area contributed by atoms with Crippen LogP contribution in [0.2, 0.25) is 10.0 Å². The number of halogens is 2. The maximum absolute atomic E-state index is 12.1. The number of carbonyl (C=O) groups excluding carboxylic acids is 1. The number of amides is 1. The molecule has 7 heteroatoms. The van der Waals surface area contributed by atoms with Gasteiger partial charge in [-0.2, -0.15) is 0 Å². The van der Waals surface area contributed by atoms with Crippen molar-refractivity contribution in [3.8, 4) is 0 Å². The van der Waals surface area contributed by atoms with E-state index in [1.165, 1.54) is 0 Å². The van der Waals surface area contributed by atoms with E-state index in [0.29, 0.717) is 33.7 Å². The Labute approximate surface area is 155 Å². The lowest BCUT2D eigenvalue weighted by Crippen LogP contribution is -2.23. The number of benzene rings is 1. The minimum atomic E-state index is -0.246. The fraction of sp³-hybridized carbons (Fsp3) is 0.0556. The van der Waals surface area contributed by atoms with Gasteiger partial charge >= 0.3 is 0 Å². The van der Waals surface area contributed by atoms with Crippen LogP contribution in [0.3, 0.4) is 0 Å². The lowest BCUT2D eigenvalue weighted by atomic mass is 10.2. The number of anilines is 2. The van der Waals surface area contributed by atoms with Gasteiger partial charge in [-0.15, -0.1) is 0 Å². The number of aromatic nitrogens is 2. The van der Waals surface area contributed by atoms with E-state index in [9.17, 15) is 4.79 Å². The summed E-state index contributed by atoms with van der Waals surface area (Å²) in [5, 5.41) is 7.05. The van der Waals surface area contributed by atoms with Gasteiger partial charge in [0.05, 0.1) is 22.6 Å². The highest BCUT2D eigenvalue weighted by molar-refractivity contribution is 6.35. The zero-order valence-corrected chi connectivity index (χ0v) is 14.6. The SMILES string of the molecule is O=C(NCc1ccncc1)c1ccc(Nc2cc(Cl)ccc2Cl)cn1. The molecular formula is C18H14Cl2N4O. The fourth-order valence-corrected chi connectivity index (χ4v) is 2.46. The first-order valence-electron chi connectivity index (χ1n) is 7.47. The summed E-state index contributed by atoms with van der Waals surface area (Å²) in [7, 11) is 0. The molecule has 3 aromatic rings. The Morgan fingerprint density at radius 3 is 2.56 bits per heavy atom. The maximum atomic E-state index is 12.1. The molecule has 3 rings (SSSR count). The van der Waals surface area contributed by atoms with E-state index >= 15 is 0 Å². The summed E-state index contributed by atoms with van der Waals surface area (Å²) in [5.41, 5.74) is 2.68. The van der Waals surface area contributed by atoms with Crippen molar-refractivity contribution in [2.75, 3.05) is 5.32 Å². The Kier molecular flexibility index (Phi) is 5.48. The molecule has 2 N–H and O–H groups in total. The second-order valence-corrected chi connectivity index (χ2v) is 6.06. The van der Waals surface area contributed by atoms with E-state index in [2.05, 4.69) is 20.6 Å². The molecule has 0 aliphatic carbocycles. The van der Waals surface area contributed by atoms with Crippen LogP contribution in [0.4, 0.5) is 11.4 Å². The molecule has 0 fully saturated rings. The quantitative estimate of drug-likeness (QED) is 0.693. The van der Waals surface area contributed by atoms with Crippen molar-refractivity contribution in [3.05, 3.63) is 82.4 Å². The predicted molar refractivity (Wildman–Crippen MR) is 99.4 cm³/mol. The monoisotopic (exact) mass is 372 g/mol. The highest BCUT2D eigenvalue weighted by Gasteiger charge is 2.08. The molecule has 2 aromatic heterocycles. The lowest BCUT2D eigenvalue weighted by Gasteiger charge is -2.09. The number of carbonyl (C=O) groups is 1. The van der Waals surface area contributed by atoms with Crippen molar-refractivity contribution < 1.29 is 4.79 Å². The third-order valence-corrected chi connectivity index (χ3v) is 3.97. The smallest absolute Gasteiger partial charge is 0.270 e. The first-order valence-corrected chi connectivity index (χ1v) is 8.22. The third kappa shape index (κ3) is 4.68. The lowest BCUT2D eigenvalue weighted by molar-refractivity contribution is 0.0946. The summed E-state index contributed by atoms with van der Waals surface area (Å²) in [4.78, 5) is 20.3. The Bertz CT molecular complexity index is 870. The zero-order chi connectivity index (χ0) is 17.6. The zero-order valence-electron chi connectivity index (χ0n) is 13.0. The van der Waals surface area contributed by atoms with Gasteiger partial charge in [-0.25, -0.2) is 4.98 Å². The molecule has 25 heavy (non-hydrogen) atoms. The Balaban J connectivity index is 1.63. The van der Waals surface area contributed by atoms with Gasteiger partial charge in [-0.1, -0.05) is 23.2 Å². The van der Waals surface area contributed by atoms with Crippen LogP contribution in [0.5, 0.6) is 0 Å². The second-order valence-electron chi connectivity index (χ2n) is 5.22. The highest BCUT2D eigenvalue weighted by atomic mass is 35.5. The molecule has 0 saturated carbocycles. The highest BCUT2D eigenvalue weighted by Crippen LogP contribution is 2.28. The summed E-state index contributed by atoms with van der Waals surface area (Å²) in [5.74, 6) is -0.246. The molecule has 2 heterocycles. The number of hydrogen-bond acceptors (Lipinski definition) is 4. The van der Waals surface area contributed by atoms with Crippen LogP contribution < -0.4 is 10.6 Å². The number of hydrogen-bond donors (Lipinski definition) is 2. The van der Waals surface area contributed by atoms with Crippen LogP contribution >= 0.6 is 23.2 Å². The van der Waals surface area contributed by atoms with Crippen LogP contribution in [0.25, 0.3) is 0 Å². The van der Waals surface area contributed by atoms with Gasteiger partial charge in [0.15, 0.2) is 0 Å². The van der Waals surface area contributed by atoms with E-state index in [1.54, 1.807) is 48.9 Å². The van der Waals surface area contributed by atoms with Crippen molar-refractivity contribution >= 4 is 40.5 Å². The molecular weight excluding hydrogens is 359 g/mol. The summed E-state index contributed by atoms with van der Waals surface area (Å²) < 4.78 is 0. The minimum absolute atomic E-state index is 0.246. The topological polar surface area (TPSA) is 66.9 Å². The molecule has 5 nitrogen and oxygen atoms in total. The number of pyridine rings is 2. The van der Waals surface area contributed by atoms with Crippen molar-refractivity contribution in [1.82, 2.24) is 15.3 Å². The Morgan fingerprint density at radius 2 is 1.84 bits per heavy atom. The van der Waals surface area contributed by atoms with Gasteiger partial charge in [0.2, 0.25) is 0 Å². The van der Waals surface area contributed by atoms with Crippen LogP contribution in [0.1, 0.15) is 16.1 Å². The molecule has 0 bridgehead atoms. The van der Waals surface area contributed by atoms with Crippen LogP contribution in [-0.4, -0.2) is 15.9 Å². The van der Waals surface area contributed by atoms with Crippen LogP contribution in [0.15, 0.2) is 61.1 Å².